The van der Waals surface area contributed by atoms with E-state index in [2.05, 4.69) is 27.6 Å². The molecule has 1 atom stereocenters. The van der Waals surface area contributed by atoms with Gasteiger partial charge in [-0.15, -0.1) is 0 Å². The van der Waals surface area contributed by atoms with Gasteiger partial charge in [-0.3, -0.25) is 4.99 Å². The third kappa shape index (κ3) is 10.8. The third-order valence-corrected chi connectivity index (χ3v) is 4.00. The van der Waals surface area contributed by atoms with E-state index in [0.717, 1.165) is 77.8 Å². The first-order chi connectivity index (χ1) is 11.8. The number of ether oxygens (including phenoxy) is 3. The number of aliphatic imine (C=N–C) groups is 1. The molecule has 1 fully saturated rings. The van der Waals surface area contributed by atoms with E-state index < -0.39 is 0 Å². The van der Waals surface area contributed by atoms with Crippen LogP contribution >= 0.6 is 0 Å². The summed E-state index contributed by atoms with van der Waals surface area (Å²) in [4.78, 5) is 6.51. The Morgan fingerprint density at radius 3 is 2.67 bits per heavy atom. The van der Waals surface area contributed by atoms with Crippen molar-refractivity contribution in [1.29, 1.82) is 0 Å². The maximum absolute atomic E-state index is 5.65. The Hall–Kier alpha value is -0.890. The van der Waals surface area contributed by atoms with Crippen molar-refractivity contribution in [2.24, 2.45) is 4.99 Å². The van der Waals surface area contributed by atoms with Gasteiger partial charge >= 0.3 is 0 Å². The first-order valence-corrected chi connectivity index (χ1v) is 9.07. The minimum absolute atomic E-state index is 0.314. The van der Waals surface area contributed by atoms with E-state index in [9.17, 15) is 0 Å². The summed E-state index contributed by atoms with van der Waals surface area (Å²) in [5.41, 5.74) is 0. The smallest absolute Gasteiger partial charge is 0.190 e. The van der Waals surface area contributed by atoms with E-state index in [0.29, 0.717) is 6.10 Å². The fourth-order valence-corrected chi connectivity index (χ4v) is 2.51. The Morgan fingerprint density at radius 2 is 2.00 bits per heavy atom. The van der Waals surface area contributed by atoms with Gasteiger partial charge in [-0.2, -0.15) is 0 Å². The number of nitrogens with one attached hydrogen (secondary N) is 2. The SMILES string of the molecule is CN=C(NCCCOCC1CCCO1)NCCCN(C)CCOC. The Labute approximate surface area is 147 Å². The molecule has 142 valence electrons. The van der Waals surface area contributed by atoms with Crippen molar-refractivity contribution in [1.82, 2.24) is 15.5 Å². The maximum Gasteiger partial charge on any atom is 0.190 e. The molecule has 0 aromatic rings. The Morgan fingerprint density at radius 1 is 1.21 bits per heavy atom. The van der Waals surface area contributed by atoms with Crippen LogP contribution in [0.1, 0.15) is 25.7 Å². The van der Waals surface area contributed by atoms with Gasteiger partial charge in [-0.05, 0) is 39.3 Å². The van der Waals surface area contributed by atoms with Crippen molar-refractivity contribution in [2.45, 2.75) is 31.8 Å². The molecule has 1 unspecified atom stereocenters. The van der Waals surface area contributed by atoms with E-state index >= 15 is 0 Å². The van der Waals surface area contributed by atoms with Crippen molar-refractivity contribution < 1.29 is 14.2 Å². The standard InChI is InChI=1S/C17H36N4O3/c1-18-17(19-8-5-10-21(2)11-14-22-3)20-9-6-12-23-15-16-7-4-13-24-16/h16H,4-15H2,1-3H3,(H2,18,19,20). The molecule has 1 heterocycles. The number of hydrogen-bond acceptors (Lipinski definition) is 5. The van der Waals surface area contributed by atoms with Gasteiger partial charge < -0.3 is 29.7 Å². The summed E-state index contributed by atoms with van der Waals surface area (Å²) in [7, 11) is 5.65. The lowest BCUT2D eigenvalue weighted by Gasteiger charge is -2.17. The zero-order chi connectivity index (χ0) is 17.5. The number of rotatable bonds is 13. The van der Waals surface area contributed by atoms with Crippen LogP contribution in [0.15, 0.2) is 4.99 Å². The minimum Gasteiger partial charge on any atom is -0.383 e. The Bertz CT molecular complexity index is 323. The molecule has 0 aliphatic carbocycles. The molecule has 24 heavy (non-hydrogen) atoms. The first-order valence-electron chi connectivity index (χ1n) is 9.07. The number of methoxy groups -OCH3 is 1. The predicted octanol–water partition coefficient (Wildman–Crippen LogP) is 0.705. The molecule has 0 bridgehead atoms. The van der Waals surface area contributed by atoms with Gasteiger partial charge in [-0.1, -0.05) is 0 Å². The zero-order valence-corrected chi connectivity index (χ0v) is 15.7. The summed E-state index contributed by atoms with van der Waals surface area (Å²) in [6.45, 7) is 6.94. The lowest BCUT2D eigenvalue weighted by atomic mass is 10.2. The molecule has 7 nitrogen and oxygen atoms in total. The van der Waals surface area contributed by atoms with Crippen LogP contribution in [0, 0.1) is 0 Å². The van der Waals surface area contributed by atoms with Crippen molar-refractivity contribution in [3.63, 3.8) is 0 Å². The van der Waals surface area contributed by atoms with Crippen LogP contribution in [0.25, 0.3) is 0 Å². The normalized spacial score (nSPS) is 18.3. The van der Waals surface area contributed by atoms with Gasteiger partial charge in [-0.25, -0.2) is 0 Å². The summed E-state index contributed by atoms with van der Waals surface area (Å²) < 4.78 is 16.2. The molecular formula is C17H36N4O3. The highest BCUT2D eigenvalue weighted by molar-refractivity contribution is 5.79. The lowest BCUT2D eigenvalue weighted by Crippen LogP contribution is -2.39. The van der Waals surface area contributed by atoms with E-state index in [-0.39, 0.29) is 0 Å². The average molecular weight is 345 g/mol. The number of guanidine groups is 1. The Balaban J connectivity index is 1.92. The molecule has 0 aromatic carbocycles. The molecule has 7 heteroatoms. The van der Waals surface area contributed by atoms with Gasteiger partial charge in [0.15, 0.2) is 5.96 Å². The van der Waals surface area contributed by atoms with Gasteiger partial charge in [0, 0.05) is 47.0 Å². The molecule has 0 saturated carbocycles. The highest BCUT2D eigenvalue weighted by Crippen LogP contribution is 2.11. The number of nitrogens with zero attached hydrogens (tertiary/aromatic N) is 2. The summed E-state index contributed by atoms with van der Waals surface area (Å²) in [5, 5.41) is 6.65. The lowest BCUT2D eigenvalue weighted by molar-refractivity contribution is 0.0168. The third-order valence-electron chi connectivity index (χ3n) is 4.00. The highest BCUT2D eigenvalue weighted by atomic mass is 16.5. The molecule has 0 aromatic heterocycles. The number of likely N-dealkylation sites (N-methyl/N-ethyl adjacent to an activating group) is 1. The van der Waals surface area contributed by atoms with Gasteiger partial charge in [0.2, 0.25) is 0 Å². The first kappa shape index (κ1) is 21.2. The molecule has 1 rings (SSSR count). The van der Waals surface area contributed by atoms with Crippen LogP contribution in [0.5, 0.6) is 0 Å². The summed E-state index contributed by atoms with van der Waals surface area (Å²) in [6.07, 6.45) is 4.66. The number of hydrogen-bond donors (Lipinski definition) is 2. The molecular weight excluding hydrogens is 308 g/mol. The highest BCUT2D eigenvalue weighted by Gasteiger charge is 2.14. The predicted molar refractivity (Wildman–Crippen MR) is 97.8 cm³/mol. The average Bonchev–Trinajstić information content (AvgIpc) is 3.11. The molecule has 1 aliphatic heterocycles. The minimum atomic E-state index is 0.314. The summed E-state index contributed by atoms with van der Waals surface area (Å²) >= 11 is 0. The van der Waals surface area contributed by atoms with Crippen LogP contribution in [-0.4, -0.2) is 90.8 Å². The molecule has 1 saturated heterocycles. The maximum atomic E-state index is 5.65. The van der Waals surface area contributed by atoms with E-state index in [1.165, 1.54) is 6.42 Å². The van der Waals surface area contributed by atoms with Crippen molar-refractivity contribution >= 4 is 5.96 Å². The fraction of sp³-hybridized carbons (Fsp3) is 0.941. The molecule has 1 aliphatic rings. The van der Waals surface area contributed by atoms with Crippen molar-refractivity contribution in [3.8, 4) is 0 Å². The van der Waals surface area contributed by atoms with Gasteiger partial charge in [0.25, 0.3) is 0 Å². The second kappa shape index (κ2) is 14.5. The van der Waals surface area contributed by atoms with Crippen LogP contribution in [0.2, 0.25) is 0 Å². The van der Waals surface area contributed by atoms with Gasteiger partial charge in [0.1, 0.15) is 0 Å². The molecule has 0 spiro atoms. The molecule has 0 amide bonds. The second-order valence-corrected chi connectivity index (χ2v) is 6.14. The van der Waals surface area contributed by atoms with Crippen molar-refractivity contribution in [2.75, 3.05) is 73.8 Å². The van der Waals surface area contributed by atoms with E-state index in [4.69, 9.17) is 14.2 Å². The van der Waals surface area contributed by atoms with E-state index in [1.807, 2.05) is 0 Å². The Kier molecular flexibility index (Phi) is 12.7. The van der Waals surface area contributed by atoms with Crippen molar-refractivity contribution in [3.05, 3.63) is 0 Å². The largest absolute Gasteiger partial charge is 0.383 e. The quantitative estimate of drug-likeness (QED) is 0.291. The monoisotopic (exact) mass is 344 g/mol. The zero-order valence-electron chi connectivity index (χ0n) is 15.7. The summed E-state index contributed by atoms with van der Waals surface area (Å²) in [6, 6.07) is 0. The van der Waals surface area contributed by atoms with E-state index in [1.54, 1.807) is 14.2 Å². The van der Waals surface area contributed by atoms with Crippen LogP contribution < -0.4 is 10.6 Å². The fourth-order valence-electron chi connectivity index (χ4n) is 2.51. The molecule has 0 radical (unpaired) electrons. The van der Waals surface area contributed by atoms with Crippen LogP contribution in [0.4, 0.5) is 0 Å². The van der Waals surface area contributed by atoms with Crippen LogP contribution in [0.3, 0.4) is 0 Å². The second-order valence-electron chi connectivity index (χ2n) is 6.14. The van der Waals surface area contributed by atoms with Crippen LogP contribution in [-0.2, 0) is 14.2 Å². The molecule has 2 N–H and O–H groups in total. The topological polar surface area (TPSA) is 67.4 Å². The summed E-state index contributed by atoms with van der Waals surface area (Å²) in [5.74, 6) is 0.855. The van der Waals surface area contributed by atoms with Gasteiger partial charge in [0.05, 0.1) is 19.3 Å².